The monoisotopic (exact) mass is 1270 g/mol. The summed E-state index contributed by atoms with van der Waals surface area (Å²) < 4.78 is 0. The molecule has 11 atom stereocenters. The maximum atomic E-state index is 14.0. The number of carbonyl (C=O) groups is 12. The maximum Gasteiger partial charge on any atom is 0.326 e. The van der Waals surface area contributed by atoms with E-state index in [9.17, 15) is 78.0 Å². The van der Waals surface area contributed by atoms with Gasteiger partial charge in [0.15, 0.2) is 17.9 Å². The molecule has 88 heavy (non-hydrogen) atoms. The highest BCUT2D eigenvalue weighted by Crippen LogP contribution is 2.09. The molecule has 39 nitrogen and oxygen atoms in total. The first-order valence-electron chi connectivity index (χ1n) is 27.4. The summed E-state index contributed by atoms with van der Waals surface area (Å²) in [4.78, 5) is 177. The number of imidazole rings is 1. The van der Waals surface area contributed by atoms with Crippen molar-refractivity contribution in [2.45, 2.75) is 150 Å². The molecule has 0 aliphatic heterocycles. The first-order chi connectivity index (χ1) is 41.4. The lowest BCUT2D eigenvalue weighted by Gasteiger charge is -2.28. The lowest BCUT2D eigenvalue weighted by atomic mass is 10.1. The van der Waals surface area contributed by atoms with Gasteiger partial charge in [0.2, 0.25) is 59.1 Å². The number of aliphatic hydroxyl groups excluding tert-OH is 2. The standard InChI is InChI=1S/C48H85N23O16S/c1-22(73)35(71-41(82)28(15-23-18-58-21-62-23)66-36(77)24(50)7-2-3-11-49)44(85)70-32(20-88)43(84)64-26(9-5-13-60-47(54)55)38(79)69-31(19-72)42(83)63-25(8-4-12-59-46(52)53)37(78)68-30(17-34(75)76)40(81)67-29(16-33(51)74)39(80)65-27(45(86)87)10-6-14-61-48(56)57/h18,21-22,24-32,35,72-73,88H,2-17,19-20,49-50H2,1H3,(H2,51,74)(H,58,62)(H,63,83)(H,64,84)(H,65,80)(H,66,77)(H,67,81)(H,68,78)(H,69,79)(H,70,85)(H,71,82)(H,75,76)(H,86,87)(H4,52,53,59)(H4,54,55,60)(H4,56,57,61)/t22-,24+,25+,26+,27+,28+,29+,30+,31+,32+,35+/m1/s1. The summed E-state index contributed by atoms with van der Waals surface area (Å²) >= 11 is 4.18. The fourth-order valence-electron chi connectivity index (χ4n) is 7.79. The minimum absolute atomic E-state index is 0.0309. The number of carbonyl (C=O) groups excluding carboxylic acids is 10. The van der Waals surface area contributed by atoms with Gasteiger partial charge in [-0.05, 0) is 64.8 Å². The van der Waals surface area contributed by atoms with Gasteiger partial charge in [0, 0.05) is 43.7 Å². The van der Waals surface area contributed by atoms with E-state index in [1.165, 1.54) is 12.5 Å². The molecular formula is C48H85N23O16S. The van der Waals surface area contributed by atoms with Crippen molar-refractivity contribution in [3.05, 3.63) is 18.2 Å². The number of aliphatic carboxylic acids is 2. The van der Waals surface area contributed by atoms with Crippen LogP contribution >= 0.6 is 12.6 Å². The maximum absolute atomic E-state index is 14.0. The number of thiol groups is 1. The Bertz CT molecular complexity index is 2580. The number of H-pyrrole nitrogens is 1. The number of amides is 10. The SMILES string of the molecule is C[C@@H](O)[C@H](NC(=O)[C@H](Cc1cnc[nH]1)NC(=O)[C@@H](N)CCCCN)C(=O)N[C@@H](CS)C(=O)N[C@@H](CCCN=C(N)N)C(=O)N[C@@H](CO)C(=O)N[C@@H](CCCN=C(N)N)C(=O)N[C@@H](CC(=O)O)C(=O)N[C@@H](CC(N)=O)C(=O)N[C@@H](CCCN=C(N)N)C(=O)O. The Kier molecular flexibility index (Phi) is 35.8. The molecule has 0 aliphatic rings. The number of nitrogens with two attached hydrogens (primary N) is 9. The van der Waals surface area contributed by atoms with Crippen molar-refractivity contribution in [2.75, 3.05) is 38.5 Å². The molecule has 0 fully saturated rings. The molecule has 0 radical (unpaired) electrons. The highest BCUT2D eigenvalue weighted by Gasteiger charge is 2.37. The number of unbranched alkanes of at least 4 members (excludes halogenated alkanes) is 1. The van der Waals surface area contributed by atoms with Gasteiger partial charge in [0.1, 0.15) is 54.4 Å². The average molecular weight is 1270 g/mol. The van der Waals surface area contributed by atoms with E-state index in [-0.39, 0.29) is 88.9 Å². The normalized spacial score (nSPS) is 14.6. The Balaban J connectivity index is 3.50. The van der Waals surface area contributed by atoms with Gasteiger partial charge in [0.25, 0.3) is 0 Å². The van der Waals surface area contributed by atoms with Crippen molar-refractivity contribution in [1.29, 1.82) is 0 Å². The molecule has 1 heterocycles. The third-order valence-electron chi connectivity index (χ3n) is 12.4. The van der Waals surface area contributed by atoms with Crippen molar-refractivity contribution in [3.8, 4) is 0 Å². The summed E-state index contributed by atoms with van der Waals surface area (Å²) in [6, 6.07) is -16.8. The van der Waals surface area contributed by atoms with Crippen LogP contribution in [0.3, 0.4) is 0 Å². The fraction of sp³-hybridized carbons (Fsp3) is 0.625. The van der Waals surface area contributed by atoms with Crippen LogP contribution in [0, 0.1) is 0 Å². The second kappa shape index (κ2) is 41.0. The molecule has 1 aromatic rings. The fourth-order valence-corrected chi connectivity index (χ4v) is 8.04. The van der Waals surface area contributed by atoms with Crippen LogP contribution in [-0.4, -0.2) is 224 Å². The summed E-state index contributed by atoms with van der Waals surface area (Å²) in [6.07, 6.45) is -0.905. The van der Waals surface area contributed by atoms with Gasteiger partial charge in [0.05, 0.1) is 37.9 Å². The molecule has 1 rings (SSSR count). The summed E-state index contributed by atoms with van der Waals surface area (Å²) in [5.74, 6) is -16.1. The zero-order valence-electron chi connectivity index (χ0n) is 48.4. The molecule has 0 saturated heterocycles. The predicted octanol–water partition coefficient (Wildman–Crippen LogP) is -11.3. The van der Waals surface area contributed by atoms with Crippen LogP contribution in [0.25, 0.3) is 0 Å². The van der Waals surface area contributed by atoms with Crippen molar-refractivity contribution < 1.29 is 78.0 Å². The summed E-state index contributed by atoms with van der Waals surface area (Å²) in [5.41, 5.74) is 49.6. The highest BCUT2D eigenvalue weighted by molar-refractivity contribution is 7.80. The van der Waals surface area contributed by atoms with E-state index >= 15 is 0 Å². The number of hydrogen-bond donors (Lipinski definition) is 24. The molecule has 0 unspecified atom stereocenters. The zero-order valence-corrected chi connectivity index (χ0v) is 49.2. The quantitative estimate of drug-likeness (QED) is 0.0125. The first kappa shape index (κ1) is 76.9. The van der Waals surface area contributed by atoms with Crippen LogP contribution in [0.15, 0.2) is 27.5 Å². The third-order valence-corrected chi connectivity index (χ3v) is 12.7. The number of nitrogens with zero attached hydrogens (tertiary/aromatic N) is 4. The Morgan fingerprint density at radius 1 is 0.534 bits per heavy atom. The number of carboxylic acid groups (broad SMARTS) is 2. The number of rotatable bonds is 44. The Labute approximate surface area is 509 Å². The lowest BCUT2D eigenvalue weighted by molar-refractivity contribution is -0.143. The Hall–Kier alpha value is -9.15. The number of aromatic amines is 1. The molecule has 0 saturated carbocycles. The molecular weight excluding hydrogens is 1190 g/mol. The molecule has 40 heteroatoms. The number of carboxylic acids is 2. The summed E-state index contributed by atoms with van der Waals surface area (Å²) in [5, 5.41) is 61.1. The van der Waals surface area contributed by atoms with E-state index in [1.54, 1.807) is 0 Å². The number of primary amides is 1. The number of aromatic nitrogens is 2. The van der Waals surface area contributed by atoms with Crippen molar-refractivity contribution >= 4 is 102 Å². The average Bonchev–Trinajstić information content (AvgIpc) is 3.77. The van der Waals surface area contributed by atoms with E-state index in [2.05, 4.69) is 85.4 Å². The molecule has 0 spiro atoms. The minimum atomic E-state index is -2.09. The van der Waals surface area contributed by atoms with Gasteiger partial charge < -0.3 is 125 Å². The molecule has 32 N–H and O–H groups in total. The van der Waals surface area contributed by atoms with Gasteiger partial charge in [-0.25, -0.2) is 9.78 Å². The summed E-state index contributed by atoms with van der Waals surface area (Å²) in [6.45, 7) is 0.0160. The van der Waals surface area contributed by atoms with E-state index in [0.29, 0.717) is 25.1 Å². The second-order valence-electron chi connectivity index (χ2n) is 19.7. The minimum Gasteiger partial charge on any atom is -0.481 e. The molecule has 1 aromatic heterocycles. The number of aliphatic hydroxyl groups is 2. The molecule has 10 amide bonds. The van der Waals surface area contributed by atoms with Crippen molar-refractivity contribution in [3.63, 3.8) is 0 Å². The van der Waals surface area contributed by atoms with Gasteiger partial charge in [-0.15, -0.1) is 0 Å². The van der Waals surface area contributed by atoms with Crippen LogP contribution in [0.5, 0.6) is 0 Å². The largest absolute Gasteiger partial charge is 0.481 e. The number of hydrogen-bond acceptors (Lipinski definition) is 21. The van der Waals surface area contributed by atoms with E-state index < -0.39 is 163 Å². The predicted molar refractivity (Wildman–Crippen MR) is 317 cm³/mol. The van der Waals surface area contributed by atoms with Gasteiger partial charge in [-0.1, -0.05) is 6.42 Å². The number of guanidine groups is 3. The van der Waals surface area contributed by atoms with Crippen LogP contribution in [0.1, 0.15) is 83.2 Å². The summed E-state index contributed by atoms with van der Waals surface area (Å²) in [7, 11) is 0. The molecule has 0 aliphatic carbocycles. The van der Waals surface area contributed by atoms with Crippen molar-refractivity contribution in [1.82, 2.24) is 57.8 Å². The van der Waals surface area contributed by atoms with E-state index in [0.717, 1.165) is 6.92 Å². The van der Waals surface area contributed by atoms with E-state index in [1.807, 2.05) is 0 Å². The van der Waals surface area contributed by atoms with Crippen LogP contribution in [-0.2, 0) is 64.0 Å². The number of aliphatic imine (C=N–C) groups is 3. The van der Waals surface area contributed by atoms with Crippen LogP contribution in [0.4, 0.5) is 0 Å². The molecule has 0 aromatic carbocycles. The van der Waals surface area contributed by atoms with Crippen molar-refractivity contribution in [2.24, 2.45) is 66.6 Å². The third kappa shape index (κ3) is 30.8. The zero-order chi connectivity index (χ0) is 66.6. The highest BCUT2D eigenvalue weighted by atomic mass is 32.1. The molecule has 494 valence electrons. The van der Waals surface area contributed by atoms with Gasteiger partial charge >= 0.3 is 11.9 Å². The smallest absolute Gasteiger partial charge is 0.326 e. The molecule has 0 bridgehead atoms. The van der Waals surface area contributed by atoms with Crippen LogP contribution < -0.4 is 99.5 Å². The van der Waals surface area contributed by atoms with E-state index in [4.69, 9.17) is 51.6 Å². The Morgan fingerprint density at radius 3 is 1.36 bits per heavy atom. The van der Waals surface area contributed by atoms with Gasteiger partial charge in [-0.3, -0.25) is 67.7 Å². The first-order valence-corrected chi connectivity index (χ1v) is 28.0. The Morgan fingerprint density at radius 2 is 0.943 bits per heavy atom. The van der Waals surface area contributed by atoms with Crippen LogP contribution in [0.2, 0.25) is 0 Å². The topological polar surface area (TPSA) is 694 Å². The second-order valence-corrected chi connectivity index (χ2v) is 20.1. The van der Waals surface area contributed by atoms with Gasteiger partial charge in [-0.2, -0.15) is 12.6 Å². The number of nitrogens with one attached hydrogen (secondary N) is 10. The lowest BCUT2D eigenvalue weighted by Crippen LogP contribution is -2.62.